The van der Waals surface area contributed by atoms with Gasteiger partial charge in [0.05, 0.1) is 23.3 Å². The Morgan fingerprint density at radius 3 is 1.81 bits per heavy atom. The molecule has 0 spiro atoms. The third-order valence-corrected chi connectivity index (χ3v) is 4.74. The second-order valence-electron chi connectivity index (χ2n) is 6.84. The lowest BCUT2D eigenvalue weighted by atomic mass is 9.96. The van der Waals surface area contributed by atoms with E-state index in [2.05, 4.69) is 12.1 Å². The number of carboxylic acid groups (broad SMARTS) is 1. The molecule has 0 atom stereocenters. The number of aryl methyl sites for hydroxylation is 1. The largest absolute Gasteiger partial charge is 0.490 e. The maximum atomic E-state index is 10.7. The summed E-state index contributed by atoms with van der Waals surface area (Å²) in [6, 6.07) is 26.2. The van der Waals surface area contributed by atoms with Crippen LogP contribution in [0.1, 0.15) is 34.2 Å². The molecule has 0 aromatic heterocycles. The number of carbonyl (C=O) groups is 1. The van der Waals surface area contributed by atoms with Gasteiger partial charge in [-0.2, -0.15) is 10.5 Å². The Bertz CT molecular complexity index is 1090. The van der Waals surface area contributed by atoms with Gasteiger partial charge in [0.2, 0.25) is 0 Å². The van der Waals surface area contributed by atoms with E-state index in [-0.39, 0.29) is 6.42 Å². The van der Waals surface area contributed by atoms with Gasteiger partial charge in [0, 0.05) is 6.42 Å². The summed E-state index contributed by atoms with van der Waals surface area (Å²) < 4.78 is 5.85. The highest BCUT2D eigenvalue weighted by Crippen LogP contribution is 2.24. The molecule has 152 valence electrons. The average Bonchev–Trinajstić information content (AvgIpc) is 2.81. The Balaban J connectivity index is 1.77. The highest BCUT2D eigenvalue weighted by molar-refractivity contribution is 5.80. The molecule has 0 radical (unpaired) electrons. The van der Waals surface area contributed by atoms with Crippen molar-refractivity contribution >= 4 is 11.5 Å². The van der Waals surface area contributed by atoms with Gasteiger partial charge in [-0.1, -0.05) is 36.4 Å². The third kappa shape index (κ3) is 6.06. The van der Waals surface area contributed by atoms with Crippen LogP contribution in [0.15, 0.2) is 78.9 Å². The van der Waals surface area contributed by atoms with Crippen molar-refractivity contribution in [1.29, 1.82) is 10.5 Å². The van der Waals surface area contributed by atoms with Crippen LogP contribution in [0.4, 0.5) is 0 Å². The molecule has 0 fully saturated rings. The van der Waals surface area contributed by atoms with Gasteiger partial charge in [-0.25, -0.2) is 0 Å². The summed E-state index contributed by atoms with van der Waals surface area (Å²) in [5.41, 5.74) is 4.94. The Labute approximate surface area is 181 Å². The lowest BCUT2D eigenvalue weighted by Gasteiger charge is -2.11. The van der Waals surface area contributed by atoms with Crippen LogP contribution in [0.25, 0.3) is 5.57 Å². The number of nitriles is 2. The van der Waals surface area contributed by atoms with Crippen molar-refractivity contribution in [3.8, 4) is 17.9 Å². The van der Waals surface area contributed by atoms with Crippen LogP contribution in [0.3, 0.4) is 0 Å². The molecule has 0 aliphatic heterocycles. The highest BCUT2D eigenvalue weighted by atomic mass is 16.5. The molecule has 0 unspecified atom stereocenters. The predicted molar refractivity (Wildman–Crippen MR) is 117 cm³/mol. The van der Waals surface area contributed by atoms with Gasteiger partial charge in [0.15, 0.2) is 0 Å². The number of nitrogens with zero attached hydrogens (tertiary/aromatic N) is 2. The van der Waals surface area contributed by atoms with Gasteiger partial charge in [-0.15, -0.1) is 0 Å². The summed E-state index contributed by atoms with van der Waals surface area (Å²) in [6.45, 7) is 0.323. The summed E-state index contributed by atoms with van der Waals surface area (Å²) in [7, 11) is 0. The fourth-order valence-corrected chi connectivity index (χ4v) is 3.08. The van der Waals surface area contributed by atoms with Crippen LogP contribution < -0.4 is 4.74 Å². The average molecular weight is 408 g/mol. The van der Waals surface area contributed by atoms with E-state index in [9.17, 15) is 4.79 Å². The lowest BCUT2D eigenvalue weighted by Crippen LogP contribution is -1.99. The Kier molecular flexibility index (Phi) is 7.19. The van der Waals surface area contributed by atoms with E-state index >= 15 is 0 Å². The molecule has 3 aromatic rings. The Hall–Kier alpha value is -4.35. The van der Waals surface area contributed by atoms with E-state index in [0.717, 1.165) is 22.3 Å². The molecular formula is C26H20N2O3. The first-order valence-electron chi connectivity index (χ1n) is 9.74. The molecule has 0 saturated heterocycles. The fourth-order valence-electron chi connectivity index (χ4n) is 3.08. The third-order valence-electron chi connectivity index (χ3n) is 4.74. The first kappa shape index (κ1) is 21.4. The molecule has 3 aromatic carbocycles. The number of hydrogen-bond donors (Lipinski definition) is 1. The molecule has 5 nitrogen and oxygen atoms in total. The smallest absolute Gasteiger partial charge is 0.303 e. The zero-order valence-corrected chi connectivity index (χ0v) is 16.8. The van der Waals surface area contributed by atoms with Crippen LogP contribution in [0.2, 0.25) is 0 Å². The zero-order chi connectivity index (χ0) is 22.1. The summed E-state index contributed by atoms with van der Waals surface area (Å²) in [6.07, 6.45) is 2.54. The van der Waals surface area contributed by atoms with Gasteiger partial charge < -0.3 is 9.84 Å². The first-order valence-corrected chi connectivity index (χ1v) is 9.74. The second kappa shape index (κ2) is 10.4. The van der Waals surface area contributed by atoms with Crippen LogP contribution in [0, 0.1) is 22.7 Å². The maximum Gasteiger partial charge on any atom is 0.303 e. The van der Waals surface area contributed by atoms with Crippen LogP contribution in [-0.2, 0) is 11.2 Å². The quantitative estimate of drug-likeness (QED) is 0.569. The predicted octanol–water partition coefficient (Wildman–Crippen LogP) is 4.96. The molecule has 0 aliphatic carbocycles. The minimum atomic E-state index is -0.816. The van der Waals surface area contributed by atoms with E-state index in [4.69, 9.17) is 20.4 Å². The lowest BCUT2D eigenvalue weighted by molar-refractivity contribution is -0.136. The molecule has 31 heavy (non-hydrogen) atoms. The number of aliphatic carboxylic acids is 1. The van der Waals surface area contributed by atoms with Gasteiger partial charge in [-0.05, 0) is 71.2 Å². The zero-order valence-electron chi connectivity index (χ0n) is 16.8. The van der Waals surface area contributed by atoms with Crippen molar-refractivity contribution in [1.82, 2.24) is 0 Å². The molecule has 0 bridgehead atoms. The minimum absolute atomic E-state index is 0.0987. The topological polar surface area (TPSA) is 94.1 Å². The normalized spacial score (nSPS) is 9.87. The van der Waals surface area contributed by atoms with Gasteiger partial charge >= 0.3 is 5.97 Å². The van der Waals surface area contributed by atoms with Crippen molar-refractivity contribution in [2.45, 2.75) is 12.8 Å². The number of hydrogen-bond acceptors (Lipinski definition) is 4. The van der Waals surface area contributed by atoms with Crippen molar-refractivity contribution in [2.75, 3.05) is 6.61 Å². The minimum Gasteiger partial charge on any atom is -0.490 e. The number of benzene rings is 3. The van der Waals surface area contributed by atoms with E-state index < -0.39 is 5.97 Å². The number of rotatable bonds is 8. The summed E-state index contributed by atoms with van der Waals surface area (Å²) in [4.78, 5) is 10.7. The molecule has 0 heterocycles. The monoisotopic (exact) mass is 408 g/mol. The molecule has 0 aliphatic rings. The van der Waals surface area contributed by atoms with E-state index in [1.165, 1.54) is 0 Å². The summed E-state index contributed by atoms with van der Waals surface area (Å²) >= 11 is 0. The number of ether oxygens (including phenoxy) is 1. The standard InChI is InChI=1S/C26H20N2O3/c27-17-20-1-8-22(9-2-20)25(23-10-3-21(18-28)4-11-23)15-16-31-24-12-5-19(6-13-24)7-14-26(29)30/h1-6,8-13,15H,7,14,16H2,(H,29,30). The SMILES string of the molecule is N#Cc1ccc(C(=CCOc2ccc(CCC(=O)O)cc2)c2ccc(C#N)cc2)cc1. The van der Waals surface area contributed by atoms with E-state index in [0.29, 0.717) is 29.9 Å². The fraction of sp³-hybridized carbons (Fsp3) is 0.115. The molecular weight excluding hydrogens is 388 g/mol. The van der Waals surface area contributed by atoms with Gasteiger partial charge in [0.25, 0.3) is 0 Å². The van der Waals surface area contributed by atoms with Gasteiger partial charge in [-0.3, -0.25) is 4.79 Å². The summed E-state index contributed by atoms with van der Waals surface area (Å²) in [5.74, 6) is -0.127. The van der Waals surface area contributed by atoms with Crippen LogP contribution >= 0.6 is 0 Å². The van der Waals surface area contributed by atoms with Crippen molar-refractivity contribution in [3.63, 3.8) is 0 Å². The molecule has 0 saturated carbocycles. The van der Waals surface area contributed by atoms with Crippen LogP contribution in [-0.4, -0.2) is 17.7 Å². The number of carboxylic acids is 1. The van der Waals surface area contributed by atoms with Gasteiger partial charge in [0.1, 0.15) is 12.4 Å². The molecule has 1 N–H and O–H groups in total. The highest BCUT2D eigenvalue weighted by Gasteiger charge is 2.07. The van der Waals surface area contributed by atoms with E-state index in [1.807, 2.05) is 54.6 Å². The van der Waals surface area contributed by atoms with Crippen molar-refractivity contribution < 1.29 is 14.6 Å². The second-order valence-corrected chi connectivity index (χ2v) is 6.84. The van der Waals surface area contributed by atoms with Crippen LogP contribution in [0.5, 0.6) is 5.75 Å². The van der Waals surface area contributed by atoms with Crippen molar-refractivity contribution in [3.05, 3.63) is 107 Å². The first-order chi connectivity index (χ1) is 15.1. The van der Waals surface area contributed by atoms with Crippen molar-refractivity contribution in [2.24, 2.45) is 0 Å². The Morgan fingerprint density at radius 1 is 0.839 bits per heavy atom. The Morgan fingerprint density at radius 2 is 1.35 bits per heavy atom. The maximum absolute atomic E-state index is 10.7. The molecule has 3 rings (SSSR count). The van der Waals surface area contributed by atoms with E-state index in [1.54, 1.807) is 24.3 Å². The molecule has 0 amide bonds. The summed E-state index contributed by atoms with van der Waals surface area (Å²) in [5, 5.41) is 26.9. The molecule has 5 heteroatoms.